The van der Waals surface area contributed by atoms with Gasteiger partial charge in [-0.25, -0.2) is 0 Å². The smallest absolute Gasteiger partial charge is 0.0416 e. The molecule has 0 fully saturated rings. The van der Waals surface area contributed by atoms with Crippen LogP contribution in [0.2, 0.25) is 0 Å². The lowest BCUT2D eigenvalue weighted by atomic mass is 10.2. The van der Waals surface area contributed by atoms with Crippen molar-refractivity contribution in [1.29, 1.82) is 0 Å². The van der Waals surface area contributed by atoms with E-state index >= 15 is 0 Å². The van der Waals surface area contributed by atoms with Crippen molar-refractivity contribution in [3.8, 4) is 0 Å². The third kappa shape index (κ3) is 3.34. The summed E-state index contributed by atoms with van der Waals surface area (Å²) >= 11 is 0. The van der Waals surface area contributed by atoms with Crippen LogP contribution in [0.15, 0.2) is 18.5 Å². The molecule has 1 heterocycles. The molecule has 0 saturated carbocycles. The van der Waals surface area contributed by atoms with Gasteiger partial charge in [-0.2, -0.15) is 0 Å². The van der Waals surface area contributed by atoms with Crippen molar-refractivity contribution in [2.24, 2.45) is 0 Å². The highest BCUT2D eigenvalue weighted by Crippen LogP contribution is 2.12. The molecule has 3 heteroatoms. The van der Waals surface area contributed by atoms with Crippen LogP contribution in [-0.4, -0.2) is 18.1 Å². The molecule has 1 rings (SSSR count). The molecule has 0 aliphatic heterocycles. The number of anilines is 1. The molecule has 0 aliphatic rings. The molecule has 0 unspecified atom stereocenters. The van der Waals surface area contributed by atoms with Crippen molar-refractivity contribution in [1.82, 2.24) is 10.3 Å². The average molecular weight is 193 g/mol. The average Bonchev–Trinajstić information content (AvgIpc) is 2.21. The van der Waals surface area contributed by atoms with Gasteiger partial charge in [0.2, 0.25) is 0 Å². The minimum absolute atomic E-state index is 0.893. The molecule has 2 N–H and O–H groups in total. The quantitative estimate of drug-likeness (QED) is 0.679. The number of hydrogen-bond acceptors (Lipinski definition) is 3. The van der Waals surface area contributed by atoms with Crippen LogP contribution in [0, 0.1) is 0 Å². The Morgan fingerprint density at radius 1 is 1.36 bits per heavy atom. The van der Waals surface area contributed by atoms with E-state index in [1.165, 1.54) is 11.3 Å². The Kier molecular flexibility index (Phi) is 5.00. The topological polar surface area (TPSA) is 37.0 Å². The molecule has 0 aliphatic carbocycles. The highest BCUT2D eigenvalue weighted by Gasteiger charge is 1.99. The Hall–Kier alpha value is -1.09. The highest BCUT2D eigenvalue weighted by atomic mass is 14.9. The van der Waals surface area contributed by atoms with Gasteiger partial charge >= 0.3 is 0 Å². The summed E-state index contributed by atoms with van der Waals surface area (Å²) in [6.45, 7) is 7.17. The van der Waals surface area contributed by atoms with Gasteiger partial charge in [0.05, 0.1) is 0 Å². The van der Waals surface area contributed by atoms with Crippen LogP contribution in [0.1, 0.15) is 25.8 Å². The molecule has 0 radical (unpaired) electrons. The lowest BCUT2D eigenvalue weighted by molar-refractivity contribution is 0.674. The molecule has 0 bridgehead atoms. The Bertz CT molecular complexity index is 260. The van der Waals surface area contributed by atoms with Crippen molar-refractivity contribution in [3.63, 3.8) is 0 Å². The third-order valence-electron chi connectivity index (χ3n) is 2.01. The monoisotopic (exact) mass is 193 g/mol. The van der Waals surface area contributed by atoms with E-state index in [9.17, 15) is 0 Å². The molecule has 1 aromatic heterocycles. The van der Waals surface area contributed by atoms with Gasteiger partial charge in [-0.05, 0) is 26.0 Å². The molecule has 0 aromatic carbocycles. The third-order valence-corrected chi connectivity index (χ3v) is 2.01. The summed E-state index contributed by atoms with van der Waals surface area (Å²) < 4.78 is 0. The van der Waals surface area contributed by atoms with Gasteiger partial charge < -0.3 is 10.6 Å². The number of aromatic nitrogens is 1. The molecule has 1 aromatic rings. The van der Waals surface area contributed by atoms with E-state index in [0.717, 1.165) is 26.1 Å². The van der Waals surface area contributed by atoms with E-state index < -0.39 is 0 Å². The Labute approximate surface area is 85.9 Å². The first-order valence-electron chi connectivity index (χ1n) is 5.26. The molecular formula is C11H19N3. The molecule has 0 amide bonds. The van der Waals surface area contributed by atoms with Crippen LogP contribution in [0.25, 0.3) is 0 Å². The number of rotatable bonds is 6. The zero-order valence-corrected chi connectivity index (χ0v) is 9.01. The Balaban J connectivity index is 2.55. The van der Waals surface area contributed by atoms with Crippen LogP contribution < -0.4 is 10.6 Å². The fourth-order valence-electron chi connectivity index (χ4n) is 1.33. The molecule has 0 atom stereocenters. The summed E-state index contributed by atoms with van der Waals surface area (Å²) in [5.41, 5.74) is 2.42. The predicted octanol–water partition coefficient (Wildman–Crippen LogP) is 2.01. The number of nitrogens with one attached hydrogen (secondary N) is 2. The fraction of sp³-hybridized carbons (Fsp3) is 0.545. The van der Waals surface area contributed by atoms with Crippen molar-refractivity contribution >= 4 is 5.69 Å². The standard InChI is InChI=1S/C11H19N3/c1-3-6-12-8-10-9-13-7-5-11(10)14-4-2/h5,7,9,12H,3-4,6,8H2,1-2H3,(H,13,14). The molecule has 0 saturated heterocycles. The van der Waals surface area contributed by atoms with Crippen LogP contribution in [0.5, 0.6) is 0 Å². The molecule has 0 spiro atoms. The molecule has 3 nitrogen and oxygen atoms in total. The van der Waals surface area contributed by atoms with Crippen LogP contribution in [0.3, 0.4) is 0 Å². The van der Waals surface area contributed by atoms with E-state index in [2.05, 4.69) is 29.5 Å². The van der Waals surface area contributed by atoms with Gasteiger partial charge in [-0.3, -0.25) is 4.98 Å². The van der Waals surface area contributed by atoms with E-state index in [1.54, 1.807) is 0 Å². The molecular weight excluding hydrogens is 174 g/mol. The summed E-state index contributed by atoms with van der Waals surface area (Å²) in [6.07, 6.45) is 4.90. The Morgan fingerprint density at radius 3 is 2.93 bits per heavy atom. The van der Waals surface area contributed by atoms with E-state index in [-0.39, 0.29) is 0 Å². The maximum atomic E-state index is 4.13. The summed E-state index contributed by atoms with van der Waals surface area (Å²) in [7, 11) is 0. The normalized spacial score (nSPS) is 10.1. The van der Waals surface area contributed by atoms with Crippen molar-refractivity contribution in [3.05, 3.63) is 24.0 Å². The summed E-state index contributed by atoms with van der Waals surface area (Å²) in [6, 6.07) is 2.02. The van der Waals surface area contributed by atoms with Gasteiger partial charge in [0.25, 0.3) is 0 Å². The largest absolute Gasteiger partial charge is 0.385 e. The predicted molar refractivity (Wildman–Crippen MR) is 60.4 cm³/mol. The zero-order chi connectivity index (χ0) is 10.2. The van der Waals surface area contributed by atoms with E-state index in [4.69, 9.17) is 0 Å². The van der Waals surface area contributed by atoms with Crippen molar-refractivity contribution < 1.29 is 0 Å². The first-order valence-corrected chi connectivity index (χ1v) is 5.26. The van der Waals surface area contributed by atoms with Gasteiger partial charge in [0.15, 0.2) is 0 Å². The van der Waals surface area contributed by atoms with Crippen molar-refractivity contribution in [2.75, 3.05) is 18.4 Å². The number of hydrogen-bond donors (Lipinski definition) is 2. The minimum Gasteiger partial charge on any atom is -0.385 e. The first-order chi connectivity index (χ1) is 6.88. The van der Waals surface area contributed by atoms with Crippen LogP contribution in [-0.2, 0) is 6.54 Å². The van der Waals surface area contributed by atoms with Gasteiger partial charge in [-0.1, -0.05) is 6.92 Å². The lowest BCUT2D eigenvalue weighted by Crippen LogP contribution is -2.15. The van der Waals surface area contributed by atoms with E-state index in [0.29, 0.717) is 0 Å². The number of nitrogens with zero attached hydrogens (tertiary/aromatic N) is 1. The summed E-state index contributed by atoms with van der Waals surface area (Å²) in [4.78, 5) is 4.13. The lowest BCUT2D eigenvalue weighted by Gasteiger charge is -2.10. The Morgan fingerprint density at radius 2 is 2.21 bits per heavy atom. The van der Waals surface area contributed by atoms with Gasteiger partial charge in [0, 0.05) is 36.7 Å². The second-order valence-electron chi connectivity index (χ2n) is 3.24. The van der Waals surface area contributed by atoms with Gasteiger partial charge in [0.1, 0.15) is 0 Å². The van der Waals surface area contributed by atoms with Gasteiger partial charge in [-0.15, -0.1) is 0 Å². The molecule has 78 valence electrons. The number of pyridine rings is 1. The summed E-state index contributed by atoms with van der Waals surface area (Å²) in [5, 5.41) is 6.69. The fourth-order valence-corrected chi connectivity index (χ4v) is 1.33. The van der Waals surface area contributed by atoms with Crippen molar-refractivity contribution in [2.45, 2.75) is 26.8 Å². The van der Waals surface area contributed by atoms with Crippen LogP contribution >= 0.6 is 0 Å². The minimum atomic E-state index is 0.893. The zero-order valence-electron chi connectivity index (χ0n) is 9.01. The molecule has 14 heavy (non-hydrogen) atoms. The maximum absolute atomic E-state index is 4.13. The SMILES string of the molecule is CCCNCc1cnccc1NCC. The second kappa shape index (κ2) is 6.38. The van der Waals surface area contributed by atoms with Crippen LogP contribution in [0.4, 0.5) is 5.69 Å². The maximum Gasteiger partial charge on any atom is 0.0416 e. The first kappa shape index (κ1) is 11.0. The summed E-state index contributed by atoms with van der Waals surface area (Å²) in [5.74, 6) is 0. The second-order valence-corrected chi connectivity index (χ2v) is 3.24. The highest BCUT2D eigenvalue weighted by molar-refractivity contribution is 5.49. The van der Waals surface area contributed by atoms with E-state index in [1.807, 2.05) is 18.5 Å².